The number of para-hydroxylation sites is 2. The Morgan fingerprint density at radius 3 is 2.60 bits per heavy atom. The van der Waals surface area contributed by atoms with Crippen LogP contribution in [-0.2, 0) is 9.84 Å². The molecule has 7 heteroatoms. The molecule has 1 fully saturated rings. The number of rotatable bonds is 3. The lowest BCUT2D eigenvalue weighted by molar-refractivity contribution is 0.591. The fourth-order valence-electron chi connectivity index (χ4n) is 2.44. The molecule has 6 nitrogen and oxygen atoms in total. The van der Waals surface area contributed by atoms with Gasteiger partial charge < -0.3 is 11.1 Å². The second-order valence-corrected chi connectivity index (χ2v) is 7.36. The highest BCUT2D eigenvalue weighted by Crippen LogP contribution is 2.22. The summed E-state index contributed by atoms with van der Waals surface area (Å²) in [6.07, 6.45) is 1.42. The van der Waals surface area contributed by atoms with Gasteiger partial charge in [0.25, 0.3) is 0 Å². The molecule has 0 radical (unpaired) electrons. The molecule has 3 N–H and O–H groups in total. The smallest absolute Gasteiger partial charge is 0.169 e. The Morgan fingerprint density at radius 2 is 1.95 bits per heavy atom. The van der Waals surface area contributed by atoms with Gasteiger partial charge in [0.15, 0.2) is 21.5 Å². The minimum atomic E-state index is -2.96. The second kappa shape index (κ2) is 4.90. The normalized spacial score (nSPS) is 21.1. The van der Waals surface area contributed by atoms with Crippen LogP contribution in [0, 0.1) is 0 Å². The number of anilines is 2. The molecule has 1 aliphatic heterocycles. The maximum absolute atomic E-state index is 11.8. The van der Waals surface area contributed by atoms with E-state index in [9.17, 15) is 8.42 Å². The summed E-state index contributed by atoms with van der Waals surface area (Å²) >= 11 is 0. The summed E-state index contributed by atoms with van der Waals surface area (Å²) in [4.78, 5) is 8.65. The number of hydrogen-bond acceptors (Lipinski definition) is 6. The third-order valence-electron chi connectivity index (χ3n) is 3.56. The number of sulfone groups is 1. The largest absolute Gasteiger partial charge is 0.381 e. The molecule has 1 saturated heterocycles. The Bertz CT molecular complexity index is 745. The average Bonchev–Trinajstić information content (AvgIpc) is 2.75. The summed E-state index contributed by atoms with van der Waals surface area (Å²) in [5, 5.41) is 2.67. The summed E-state index contributed by atoms with van der Waals surface area (Å²) in [6.45, 7) is 0.333. The Kier molecular flexibility index (Phi) is 3.21. The highest BCUT2D eigenvalue weighted by atomic mass is 32.2. The molecule has 20 heavy (non-hydrogen) atoms. The van der Waals surface area contributed by atoms with Crippen LogP contribution in [0.3, 0.4) is 0 Å². The first kappa shape index (κ1) is 13.1. The predicted octanol–water partition coefficient (Wildman–Crippen LogP) is 1.20. The van der Waals surface area contributed by atoms with Gasteiger partial charge in [-0.3, -0.25) is 0 Å². The van der Waals surface area contributed by atoms with E-state index >= 15 is 0 Å². The number of nitrogens with zero attached hydrogens (tertiary/aromatic N) is 2. The van der Waals surface area contributed by atoms with Crippen molar-refractivity contribution >= 4 is 32.5 Å². The van der Waals surface area contributed by atoms with Gasteiger partial charge in [0, 0.05) is 6.54 Å². The lowest BCUT2D eigenvalue weighted by Gasteiger charge is -2.12. The van der Waals surface area contributed by atoms with Gasteiger partial charge in [-0.1, -0.05) is 12.1 Å². The van der Waals surface area contributed by atoms with E-state index in [1.807, 2.05) is 24.3 Å². The lowest BCUT2D eigenvalue weighted by Crippen LogP contribution is -2.25. The van der Waals surface area contributed by atoms with Crippen LogP contribution in [0.25, 0.3) is 11.0 Å². The van der Waals surface area contributed by atoms with Gasteiger partial charge in [0.05, 0.1) is 22.0 Å². The molecule has 3 rings (SSSR count). The molecule has 0 saturated carbocycles. The first-order chi connectivity index (χ1) is 9.56. The van der Waals surface area contributed by atoms with E-state index in [2.05, 4.69) is 15.3 Å². The van der Waals surface area contributed by atoms with Gasteiger partial charge in [0.1, 0.15) is 0 Å². The molecule has 1 unspecified atom stereocenters. The molecule has 0 bridgehead atoms. The summed E-state index contributed by atoms with van der Waals surface area (Å²) in [7, 11) is -2.96. The van der Waals surface area contributed by atoms with Crippen molar-refractivity contribution in [2.24, 2.45) is 0 Å². The van der Waals surface area contributed by atoms with Crippen molar-refractivity contribution in [3.63, 3.8) is 0 Å². The minimum Gasteiger partial charge on any atom is -0.381 e. The average molecular weight is 292 g/mol. The van der Waals surface area contributed by atoms with Crippen molar-refractivity contribution in [3.05, 3.63) is 24.3 Å². The van der Waals surface area contributed by atoms with Crippen molar-refractivity contribution in [3.8, 4) is 0 Å². The lowest BCUT2D eigenvalue weighted by atomic mass is 10.2. The van der Waals surface area contributed by atoms with Gasteiger partial charge in [-0.2, -0.15) is 0 Å². The van der Waals surface area contributed by atoms with Crippen LogP contribution < -0.4 is 11.1 Å². The minimum absolute atomic E-state index is 0.276. The first-order valence-electron chi connectivity index (χ1n) is 6.54. The second-order valence-electron chi connectivity index (χ2n) is 4.96. The number of nitrogen functional groups attached to an aromatic ring is 1. The van der Waals surface area contributed by atoms with Crippen molar-refractivity contribution in [2.75, 3.05) is 23.3 Å². The molecule has 0 aliphatic carbocycles. The van der Waals surface area contributed by atoms with Crippen LogP contribution in [0.5, 0.6) is 0 Å². The van der Waals surface area contributed by atoms with E-state index in [4.69, 9.17) is 5.73 Å². The van der Waals surface area contributed by atoms with E-state index in [-0.39, 0.29) is 11.0 Å². The van der Waals surface area contributed by atoms with Crippen molar-refractivity contribution in [1.82, 2.24) is 9.97 Å². The number of hydrogen-bond donors (Lipinski definition) is 2. The quantitative estimate of drug-likeness (QED) is 0.882. The van der Waals surface area contributed by atoms with Gasteiger partial charge in [0.2, 0.25) is 0 Å². The molecule has 1 aliphatic rings. The van der Waals surface area contributed by atoms with E-state index < -0.39 is 9.84 Å². The highest BCUT2D eigenvalue weighted by molar-refractivity contribution is 7.92. The van der Waals surface area contributed by atoms with E-state index in [0.717, 1.165) is 17.5 Å². The van der Waals surface area contributed by atoms with Crippen LogP contribution in [0.2, 0.25) is 0 Å². The van der Waals surface area contributed by atoms with Crippen molar-refractivity contribution in [2.45, 2.75) is 18.1 Å². The molecule has 0 amide bonds. The Morgan fingerprint density at radius 1 is 1.25 bits per heavy atom. The highest BCUT2D eigenvalue weighted by Gasteiger charge is 2.31. The monoisotopic (exact) mass is 292 g/mol. The fraction of sp³-hybridized carbons (Fsp3) is 0.385. The summed E-state index contributed by atoms with van der Waals surface area (Å²) in [5.74, 6) is 1.02. The van der Waals surface area contributed by atoms with Crippen LogP contribution in [-0.4, -0.2) is 35.9 Å². The summed E-state index contributed by atoms with van der Waals surface area (Å²) < 4.78 is 23.5. The Hall–Kier alpha value is -1.89. The van der Waals surface area contributed by atoms with Gasteiger partial charge in [-0.25, -0.2) is 18.4 Å². The molecule has 2 aromatic rings. The zero-order valence-corrected chi connectivity index (χ0v) is 11.7. The number of benzene rings is 1. The maximum Gasteiger partial charge on any atom is 0.169 e. The van der Waals surface area contributed by atoms with Crippen LogP contribution in [0.15, 0.2) is 24.3 Å². The first-order valence-corrected chi connectivity index (χ1v) is 8.25. The van der Waals surface area contributed by atoms with Gasteiger partial charge >= 0.3 is 0 Å². The molecule has 2 heterocycles. The third-order valence-corrected chi connectivity index (χ3v) is 5.83. The fourth-order valence-corrected chi connectivity index (χ4v) is 4.21. The number of nitrogens with one attached hydrogen (secondary N) is 1. The molecule has 1 aromatic heterocycles. The maximum atomic E-state index is 11.8. The zero-order chi connectivity index (χ0) is 14.2. The summed E-state index contributed by atoms with van der Waals surface area (Å²) in [5.41, 5.74) is 7.31. The zero-order valence-electron chi connectivity index (χ0n) is 10.9. The molecule has 106 valence electrons. The van der Waals surface area contributed by atoms with Gasteiger partial charge in [-0.05, 0) is 25.0 Å². The van der Waals surface area contributed by atoms with Gasteiger partial charge in [-0.15, -0.1) is 0 Å². The van der Waals surface area contributed by atoms with E-state index in [1.54, 1.807) is 0 Å². The summed E-state index contributed by atoms with van der Waals surface area (Å²) in [6, 6.07) is 7.43. The number of fused-ring (bicyclic) bond motifs is 1. The topological polar surface area (TPSA) is 98.0 Å². The van der Waals surface area contributed by atoms with Crippen LogP contribution in [0.1, 0.15) is 12.8 Å². The third kappa shape index (κ3) is 2.40. The number of aromatic nitrogens is 2. The van der Waals surface area contributed by atoms with Crippen LogP contribution >= 0.6 is 0 Å². The SMILES string of the molecule is Nc1nc2ccccc2nc1NCC1CCCS1(=O)=O. The van der Waals surface area contributed by atoms with Crippen LogP contribution in [0.4, 0.5) is 11.6 Å². The molecular weight excluding hydrogens is 276 g/mol. The van der Waals surface area contributed by atoms with Crippen molar-refractivity contribution < 1.29 is 8.42 Å². The standard InChI is InChI=1S/C13H16N4O2S/c14-12-13(15-8-9-4-3-7-20(9,18)19)17-11-6-2-1-5-10(11)16-12/h1-2,5-6,9H,3-4,7-8H2,(H2,14,16)(H,15,17). The molecule has 1 aromatic carbocycles. The Labute approximate surface area is 117 Å². The Balaban J connectivity index is 1.82. The van der Waals surface area contributed by atoms with Crippen molar-refractivity contribution in [1.29, 1.82) is 0 Å². The number of nitrogens with two attached hydrogens (primary N) is 1. The molecular formula is C13H16N4O2S. The molecule has 1 atom stereocenters. The predicted molar refractivity (Wildman–Crippen MR) is 79.2 cm³/mol. The van der Waals surface area contributed by atoms with E-state index in [0.29, 0.717) is 24.6 Å². The van der Waals surface area contributed by atoms with E-state index in [1.165, 1.54) is 0 Å². The molecule has 0 spiro atoms.